The van der Waals surface area contributed by atoms with E-state index < -0.39 is 0 Å². The van der Waals surface area contributed by atoms with Crippen LogP contribution in [0.3, 0.4) is 0 Å². The van der Waals surface area contributed by atoms with E-state index >= 15 is 0 Å². The van der Waals surface area contributed by atoms with Gasteiger partial charge in [-0.05, 0) is 19.8 Å². The maximum atomic E-state index is 12.6. The van der Waals surface area contributed by atoms with Crippen LogP contribution in [-0.4, -0.2) is 52.8 Å². The predicted molar refractivity (Wildman–Crippen MR) is 90.9 cm³/mol. The summed E-state index contributed by atoms with van der Waals surface area (Å²) in [6.07, 6.45) is 8.58. The topological polar surface area (TPSA) is 73.5 Å². The molecule has 2 heterocycles. The van der Waals surface area contributed by atoms with Crippen LogP contribution in [0.5, 0.6) is 0 Å². The number of aryl methyl sites for hydroxylation is 1. The van der Waals surface area contributed by atoms with E-state index in [1.165, 1.54) is 12.6 Å². The van der Waals surface area contributed by atoms with E-state index in [0.717, 1.165) is 25.7 Å². The van der Waals surface area contributed by atoms with Gasteiger partial charge in [0.15, 0.2) is 5.43 Å². The van der Waals surface area contributed by atoms with E-state index in [9.17, 15) is 14.4 Å². The van der Waals surface area contributed by atoms with Gasteiger partial charge in [0.1, 0.15) is 5.56 Å². The Hall–Kier alpha value is -2.11. The van der Waals surface area contributed by atoms with Gasteiger partial charge in [-0.1, -0.05) is 19.3 Å². The first-order valence-electron chi connectivity index (χ1n) is 8.83. The summed E-state index contributed by atoms with van der Waals surface area (Å²) in [6.45, 7) is 3.79. The number of carbonyl (C=O) groups is 2. The highest BCUT2D eigenvalue weighted by molar-refractivity contribution is 5.94. The van der Waals surface area contributed by atoms with Crippen LogP contribution in [-0.2, 0) is 4.79 Å². The number of nitrogens with one attached hydrogen (secondary N) is 1. The molecule has 1 N–H and O–H groups in total. The fraction of sp³-hybridized carbons (Fsp3) is 0.611. The molecule has 6 heteroatoms. The quantitative estimate of drug-likeness (QED) is 0.893. The van der Waals surface area contributed by atoms with Crippen molar-refractivity contribution in [1.82, 2.24) is 14.8 Å². The summed E-state index contributed by atoms with van der Waals surface area (Å²) in [5.74, 6) is 0.167. The number of piperazine rings is 1. The van der Waals surface area contributed by atoms with Crippen molar-refractivity contribution < 1.29 is 9.59 Å². The lowest BCUT2D eigenvalue weighted by atomic mass is 9.88. The van der Waals surface area contributed by atoms with E-state index in [2.05, 4.69) is 4.98 Å². The fourth-order valence-corrected chi connectivity index (χ4v) is 3.66. The molecule has 0 spiro atoms. The number of amides is 2. The van der Waals surface area contributed by atoms with Gasteiger partial charge in [0.05, 0.1) is 0 Å². The summed E-state index contributed by atoms with van der Waals surface area (Å²) in [5.41, 5.74) is 0.494. The SMILES string of the molecule is Cc1c[nH]cc(C(=O)N2CCN(C(=O)C3CCCCC3)CC2)c1=O. The lowest BCUT2D eigenvalue weighted by molar-refractivity contribution is -0.138. The van der Waals surface area contributed by atoms with Gasteiger partial charge < -0.3 is 14.8 Å². The Balaban J connectivity index is 1.60. The number of nitrogens with zero attached hydrogens (tertiary/aromatic N) is 2. The number of hydrogen-bond donors (Lipinski definition) is 1. The van der Waals surface area contributed by atoms with Gasteiger partial charge in [0.25, 0.3) is 5.91 Å². The van der Waals surface area contributed by atoms with Gasteiger partial charge in [-0.2, -0.15) is 0 Å². The van der Waals surface area contributed by atoms with Crippen molar-refractivity contribution in [3.63, 3.8) is 0 Å². The van der Waals surface area contributed by atoms with Crippen LogP contribution in [0.2, 0.25) is 0 Å². The number of carbonyl (C=O) groups excluding carboxylic acids is 2. The minimum atomic E-state index is -0.246. The van der Waals surface area contributed by atoms with Crippen LogP contribution in [0.1, 0.15) is 48.0 Å². The van der Waals surface area contributed by atoms with Crippen molar-refractivity contribution in [2.45, 2.75) is 39.0 Å². The van der Waals surface area contributed by atoms with Crippen LogP contribution in [0.15, 0.2) is 17.2 Å². The zero-order valence-electron chi connectivity index (χ0n) is 14.2. The molecule has 1 aromatic heterocycles. The minimum absolute atomic E-state index is 0.167. The van der Waals surface area contributed by atoms with E-state index in [-0.39, 0.29) is 28.7 Å². The summed E-state index contributed by atoms with van der Waals surface area (Å²) in [4.78, 5) is 43.6. The maximum absolute atomic E-state index is 12.6. The molecule has 1 aliphatic carbocycles. The van der Waals surface area contributed by atoms with Crippen molar-refractivity contribution in [3.05, 3.63) is 33.7 Å². The zero-order chi connectivity index (χ0) is 17.1. The Labute approximate surface area is 141 Å². The standard InChI is InChI=1S/C18H25N3O3/c1-13-11-19-12-15(16(13)22)18(24)21-9-7-20(8-10-21)17(23)14-5-3-2-4-6-14/h11-12,14H,2-10H2,1H3,(H,19,22). The molecule has 0 unspecified atom stereocenters. The Bertz CT molecular complexity index is 668. The molecule has 6 nitrogen and oxygen atoms in total. The van der Waals surface area contributed by atoms with Crippen LogP contribution in [0.25, 0.3) is 0 Å². The van der Waals surface area contributed by atoms with Crippen molar-refractivity contribution in [2.75, 3.05) is 26.2 Å². The summed E-state index contributed by atoms with van der Waals surface area (Å²) in [7, 11) is 0. The minimum Gasteiger partial charge on any atom is -0.366 e. The molecule has 24 heavy (non-hydrogen) atoms. The molecular formula is C18H25N3O3. The molecule has 1 saturated carbocycles. The van der Waals surface area contributed by atoms with Crippen LogP contribution in [0.4, 0.5) is 0 Å². The monoisotopic (exact) mass is 331 g/mol. The molecular weight excluding hydrogens is 306 g/mol. The number of hydrogen-bond acceptors (Lipinski definition) is 3. The smallest absolute Gasteiger partial charge is 0.259 e. The Morgan fingerprint density at radius 2 is 1.62 bits per heavy atom. The third-order valence-electron chi connectivity index (χ3n) is 5.19. The van der Waals surface area contributed by atoms with Gasteiger partial charge in [-0.25, -0.2) is 0 Å². The normalized spacial score (nSPS) is 19.4. The van der Waals surface area contributed by atoms with E-state index in [0.29, 0.717) is 31.7 Å². The van der Waals surface area contributed by atoms with Gasteiger partial charge in [-0.3, -0.25) is 14.4 Å². The summed E-state index contributed by atoms with van der Waals surface area (Å²) >= 11 is 0. The number of aromatic nitrogens is 1. The molecule has 3 rings (SSSR count). The number of rotatable bonds is 2. The van der Waals surface area contributed by atoms with Gasteiger partial charge in [0, 0.05) is 50.1 Å². The largest absolute Gasteiger partial charge is 0.366 e. The van der Waals surface area contributed by atoms with Gasteiger partial charge >= 0.3 is 0 Å². The van der Waals surface area contributed by atoms with Crippen molar-refractivity contribution >= 4 is 11.8 Å². The average Bonchev–Trinajstić information content (AvgIpc) is 2.64. The molecule has 1 saturated heterocycles. The highest BCUT2D eigenvalue weighted by Gasteiger charge is 2.30. The molecule has 2 fully saturated rings. The highest BCUT2D eigenvalue weighted by Crippen LogP contribution is 2.25. The third kappa shape index (κ3) is 3.37. The van der Waals surface area contributed by atoms with Crippen molar-refractivity contribution in [2.24, 2.45) is 5.92 Å². The molecule has 130 valence electrons. The summed E-state index contributed by atoms with van der Waals surface area (Å²) in [5, 5.41) is 0. The van der Waals surface area contributed by atoms with Crippen LogP contribution in [0, 0.1) is 12.8 Å². The Kier molecular flexibility index (Phi) is 5.02. The molecule has 0 atom stereocenters. The molecule has 0 aromatic carbocycles. The zero-order valence-corrected chi connectivity index (χ0v) is 14.2. The lowest BCUT2D eigenvalue weighted by Gasteiger charge is -2.37. The van der Waals surface area contributed by atoms with Crippen molar-refractivity contribution in [3.8, 4) is 0 Å². The van der Waals surface area contributed by atoms with Crippen LogP contribution < -0.4 is 5.43 Å². The molecule has 2 amide bonds. The molecule has 1 aromatic rings. The van der Waals surface area contributed by atoms with E-state index in [1.54, 1.807) is 18.0 Å². The van der Waals surface area contributed by atoms with Crippen LogP contribution >= 0.6 is 0 Å². The Morgan fingerprint density at radius 1 is 1.00 bits per heavy atom. The number of pyridine rings is 1. The second-order valence-electron chi connectivity index (χ2n) is 6.83. The number of aromatic amines is 1. The van der Waals surface area contributed by atoms with Gasteiger partial charge in [0.2, 0.25) is 5.91 Å². The summed E-state index contributed by atoms with van der Waals surface area (Å²) in [6, 6.07) is 0. The second-order valence-corrected chi connectivity index (χ2v) is 6.83. The van der Waals surface area contributed by atoms with E-state index in [4.69, 9.17) is 0 Å². The highest BCUT2D eigenvalue weighted by atomic mass is 16.2. The van der Waals surface area contributed by atoms with Gasteiger partial charge in [-0.15, -0.1) is 0 Å². The van der Waals surface area contributed by atoms with E-state index in [1.807, 2.05) is 4.90 Å². The third-order valence-corrected chi connectivity index (χ3v) is 5.19. The second kappa shape index (κ2) is 7.20. The number of H-pyrrole nitrogens is 1. The maximum Gasteiger partial charge on any atom is 0.259 e. The fourth-order valence-electron chi connectivity index (χ4n) is 3.66. The first kappa shape index (κ1) is 16.7. The van der Waals surface area contributed by atoms with Crippen molar-refractivity contribution in [1.29, 1.82) is 0 Å². The molecule has 2 aliphatic rings. The lowest BCUT2D eigenvalue weighted by Crippen LogP contribution is -2.52. The molecule has 0 bridgehead atoms. The first-order chi connectivity index (χ1) is 11.6. The summed E-state index contributed by atoms with van der Waals surface area (Å²) < 4.78 is 0. The predicted octanol–water partition coefficient (Wildman–Crippen LogP) is 1.55. The average molecular weight is 331 g/mol. The Morgan fingerprint density at radius 3 is 2.29 bits per heavy atom. The molecule has 1 aliphatic heterocycles. The molecule has 0 radical (unpaired) electrons. The first-order valence-corrected chi connectivity index (χ1v) is 8.83.